The van der Waals surface area contributed by atoms with E-state index < -0.39 is 22.2 Å². The molecule has 3 aromatic rings. The molecule has 0 saturated heterocycles. The van der Waals surface area contributed by atoms with Crippen LogP contribution in [0.4, 0.5) is 4.39 Å². The summed E-state index contributed by atoms with van der Waals surface area (Å²) >= 11 is 0. The number of fused-ring (bicyclic) bond motifs is 3. The molecule has 11 heteroatoms. The van der Waals surface area contributed by atoms with Gasteiger partial charge in [0, 0.05) is 30.1 Å². The molecule has 1 aromatic heterocycles. The van der Waals surface area contributed by atoms with Gasteiger partial charge in [0.05, 0.1) is 31.2 Å². The van der Waals surface area contributed by atoms with Gasteiger partial charge in [0.25, 0.3) is 0 Å². The molecule has 0 saturated carbocycles. The number of benzene rings is 2. The minimum absolute atomic E-state index is 0.0552. The second-order valence-corrected chi connectivity index (χ2v) is 8.25. The highest BCUT2D eigenvalue weighted by Gasteiger charge is 2.28. The number of methoxy groups -OCH3 is 1. The Bertz CT molecular complexity index is 1380. The minimum atomic E-state index is -4.84. The topological polar surface area (TPSA) is 116 Å². The van der Waals surface area contributed by atoms with E-state index in [9.17, 15) is 22.2 Å². The molecule has 33 heavy (non-hydrogen) atoms. The lowest BCUT2D eigenvalue weighted by atomic mass is 10.0. The van der Waals surface area contributed by atoms with Gasteiger partial charge in [-0.05, 0) is 42.8 Å². The summed E-state index contributed by atoms with van der Waals surface area (Å²) in [4.78, 5) is 16.8. The van der Waals surface area contributed by atoms with Crippen LogP contribution in [0.15, 0.2) is 41.4 Å². The van der Waals surface area contributed by atoms with Gasteiger partial charge in [0.2, 0.25) is 0 Å². The maximum absolute atomic E-state index is 14.1. The summed E-state index contributed by atoms with van der Waals surface area (Å²) in [6.45, 7) is 2.26. The molecular weight excluding hydrogens is 455 g/mol. The van der Waals surface area contributed by atoms with Crippen molar-refractivity contribution < 1.29 is 35.8 Å². The third-order valence-electron chi connectivity index (χ3n) is 5.22. The van der Waals surface area contributed by atoms with Gasteiger partial charge >= 0.3 is 16.4 Å². The Morgan fingerprint density at radius 2 is 2.03 bits per heavy atom. The molecule has 0 amide bonds. The molecule has 0 radical (unpaired) electrons. The van der Waals surface area contributed by atoms with Crippen molar-refractivity contribution >= 4 is 33.1 Å². The van der Waals surface area contributed by atoms with Gasteiger partial charge in [-0.15, -0.1) is 0 Å². The first-order chi connectivity index (χ1) is 15.7. The van der Waals surface area contributed by atoms with E-state index in [4.69, 9.17) is 13.7 Å². The summed E-state index contributed by atoms with van der Waals surface area (Å²) in [6.07, 6.45) is 0.416. The average Bonchev–Trinajstić information content (AvgIpc) is 3.05. The number of halogens is 1. The number of rotatable bonds is 7. The normalized spacial score (nSPS) is 13.4. The van der Waals surface area contributed by atoms with Gasteiger partial charge in [-0.1, -0.05) is 0 Å². The fraction of sp³-hybridized carbons (Fsp3) is 0.273. The van der Waals surface area contributed by atoms with E-state index in [1.807, 2.05) is 0 Å². The van der Waals surface area contributed by atoms with E-state index in [0.717, 1.165) is 5.69 Å². The molecule has 9 nitrogen and oxygen atoms in total. The van der Waals surface area contributed by atoms with Crippen LogP contribution < -0.4 is 8.92 Å². The fourth-order valence-corrected chi connectivity index (χ4v) is 4.34. The van der Waals surface area contributed by atoms with Crippen LogP contribution in [0.25, 0.3) is 10.9 Å². The monoisotopic (exact) mass is 476 g/mol. The van der Waals surface area contributed by atoms with Gasteiger partial charge in [0.1, 0.15) is 17.4 Å². The molecule has 0 aliphatic carbocycles. The van der Waals surface area contributed by atoms with Gasteiger partial charge in [-0.25, -0.2) is 4.39 Å². The van der Waals surface area contributed by atoms with Crippen LogP contribution in [0.3, 0.4) is 0 Å². The third-order valence-corrected chi connectivity index (χ3v) is 5.61. The smallest absolute Gasteiger partial charge is 0.446 e. The maximum atomic E-state index is 14.1. The van der Waals surface area contributed by atoms with Gasteiger partial charge in [-0.2, -0.15) is 8.42 Å². The summed E-state index contributed by atoms with van der Waals surface area (Å²) in [6, 6.07) is 8.65. The number of carbonyl (C=O) groups is 1. The predicted octanol–water partition coefficient (Wildman–Crippen LogP) is 2.93. The lowest BCUT2D eigenvalue weighted by molar-refractivity contribution is -0.142. The molecule has 174 valence electrons. The van der Waals surface area contributed by atoms with Crippen LogP contribution in [0.5, 0.6) is 11.5 Å². The highest BCUT2D eigenvalue weighted by molar-refractivity contribution is 7.81. The van der Waals surface area contributed by atoms with Crippen molar-refractivity contribution in [2.75, 3.05) is 20.3 Å². The molecule has 0 spiro atoms. The molecule has 0 atom stereocenters. The Morgan fingerprint density at radius 3 is 2.73 bits per heavy atom. The molecule has 0 fully saturated rings. The number of hydrogen-bond donors (Lipinski definition) is 1. The van der Waals surface area contributed by atoms with Crippen LogP contribution in [0, 0.1) is 5.82 Å². The van der Waals surface area contributed by atoms with E-state index in [1.165, 1.54) is 25.3 Å². The van der Waals surface area contributed by atoms with E-state index in [1.54, 1.807) is 29.7 Å². The highest BCUT2D eigenvalue weighted by atomic mass is 32.3. The van der Waals surface area contributed by atoms with E-state index in [-0.39, 0.29) is 24.3 Å². The lowest BCUT2D eigenvalue weighted by Crippen LogP contribution is -2.24. The number of esters is 1. The number of ether oxygens (including phenoxy) is 2. The summed E-state index contributed by atoms with van der Waals surface area (Å²) in [5.74, 6) is -0.477. The second-order valence-electron chi connectivity index (χ2n) is 7.23. The van der Waals surface area contributed by atoms with Crippen LogP contribution in [0.1, 0.15) is 23.7 Å². The maximum Gasteiger partial charge on any atom is 0.446 e. The van der Waals surface area contributed by atoms with Crippen molar-refractivity contribution in [1.82, 2.24) is 4.57 Å². The zero-order chi connectivity index (χ0) is 23.8. The van der Waals surface area contributed by atoms with E-state index in [0.29, 0.717) is 41.0 Å². The Hall–Kier alpha value is -3.44. The van der Waals surface area contributed by atoms with Crippen LogP contribution in [-0.2, 0) is 32.8 Å². The lowest BCUT2D eigenvalue weighted by Gasteiger charge is -2.21. The van der Waals surface area contributed by atoms with Crippen LogP contribution in [-0.4, -0.2) is 49.6 Å². The van der Waals surface area contributed by atoms with E-state index in [2.05, 4.69) is 4.99 Å². The Balaban J connectivity index is 1.94. The summed E-state index contributed by atoms with van der Waals surface area (Å²) in [5.41, 5.74) is 2.18. The second kappa shape index (κ2) is 8.83. The molecule has 2 aromatic carbocycles. The van der Waals surface area contributed by atoms with Gasteiger partial charge < -0.3 is 13.7 Å². The Labute approximate surface area is 189 Å². The Kier molecular flexibility index (Phi) is 6.09. The Morgan fingerprint density at radius 1 is 1.24 bits per heavy atom. The number of aliphatic imine (C=N–C) groups is 1. The third kappa shape index (κ3) is 4.55. The standard InChI is InChI=1S/C22H21FN2O7S/c1-3-31-21(26)12-17-16-10-13(23)4-7-18(16)25-19(17)8-9-24-22(25)15-6-5-14(30-2)11-20(15)32-33(27,28)29/h4-7,10-11H,3,8-9,12H2,1-2H3,(H,27,28,29). The number of aromatic nitrogens is 1. The molecule has 2 heterocycles. The number of nitrogens with zero attached hydrogens (tertiary/aromatic N) is 2. The summed E-state index contributed by atoms with van der Waals surface area (Å²) < 4.78 is 63.1. The quantitative estimate of drug-likeness (QED) is 0.412. The van der Waals surface area contributed by atoms with Crippen molar-refractivity contribution in [1.29, 1.82) is 0 Å². The predicted molar refractivity (Wildman–Crippen MR) is 118 cm³/mol. The zero-order valence-corrected chi connectivity index (χ0v) is 18.7. The van der Waals surface area contributed by atoms with Crippen molar-refractivity contribution in [2.24, 2.45) is 4.99 Å². The summed E-state index contributed by atoms with van der Waals surface area (Å²) in [7, 11) is -3.44. The molecular formula is C22H21FN2O7S. The molecule has 1 N–H and O–H groups in total. The summed E-state index contributed by atoms with van der Waals surface area (Å²) in [5, 5.41) is 0.526. The van der Waals surface area contributed by atoms with Gasteiger partial charge in [0.15, 0.2) is 5.75 Å². The first kappa shape index (κ1) is 22.7. The van der Waals surface area contributed by atoms with Crippen molar-refractivity contribution in [2.45, 2.75) is 19.8 Å². The molecule has 0 unspecified atom stereocenters. The van der Waals surface area contributed by atoms with Crippen LogP contribution >= 0.6 is 0 Å². The zero-order valence-electron chi connectivity index (χ0n) is 17.9. The van der Waals surface area contributed by atoms with Crippen molar-refractivity contribution in [3.05, 3.63) is 59.0 Å². The molecule has 1 aliphatic heterocycles. The highest BCUT2D eigenvalue weighted by Crippen LogP contribution is 2.34. The molecule has 1 aliphatic rings. The first-order valence-electron chi connectivity index (χ1n) is 10.1. The first-order valence-corrected chi connectivity index (χ1v) is 11.5. The van der Waals surface area contributed by atoms with Crippen molar-refractivity contribution in [3.63, 3.8) is 0 Å². The van der Waals surface area contributed by atoms with Gasteiger partial charge in [-0.3, -0.25) is 18.9 Å². The fourth-order valence-electron chi connectivity index (χ4n) is 3.98. The molecule has 4 rings (SSSR count). The van der Waals surface area contributed by atoms with Crippen LogP contribution in [0.2, 0.25) is 0 Å². The largest absolute Gasteiger partial charge is 0.497 e. The molecule has 0 bridgehead atoms. The number of carbonyl (C=O) groups excluding carboxylic acids is 1. The van der Waals surface area contributed by atoms with E-state index >= 15 is 0 Å². The van der Waals surface area contributed by atoms with Crippen molar-refractivity contribution in [3.8, 4) is 11.5 Å². The average molecular weight is 476 g/mol. The minimum Gasteiger partial charge on any atom is -0.497 e. The number of hydrogen-bond acceptors (Lipinski definition) is 7. The SMILES string of the molecule is CCOC(=O)Cc1c2n(c3ccc(F)cc13)C(c1ccc(OC)cc1OS(=O)(=O)O)=NCC2.